The van der Waals surface area contributed by atoms with Crippen molar-refractivity contribution in [3.8, 4) is 11.5 Å². The lowest BCUT2D eigenvalue weighted by Crippen LogP contribution is -2.13. The molecule has 0 aliphatic heterocycles. The highest BCUT2D eigenvalue weighted by atomic mass is 35.5. The summed E-state index contributed by atoms with van der Waals surface area (Å²) < 4.78 is 6.18. The van der Waals surface area contributed by atoms with Gasteiger partial charge in [0.25, 0.3) is 0 Å². The fraction of sp³-hybridized carbons (Fsp3) is 0.333. The third-order valence-corrected chi connectivity index (χ3v) is 3.62. The van der Waals surface area contributed by atoms with Gasteiger partial charge in [0.2, 0.25) is 0 Å². The van der Waals surface area contributed by atoms with Gasteiger partial charge in [-0.15, -0.1) is 0 Å². The summed E-state index contributed by atoms with van der Waals surface area (Å²) >= 11 is 6.33. The maximum absolute atomic E-state index is 6.33. The van der Waals surface area contributed by atoms with Gasteiger partial charge in [0.1, 0.15) is 5.75 Å². The predicted molar refractivity (Wildman–Crippen MR) is 89.4 cm³/mol. The predicted octanol–water partition coefficient (Wildman–Crippen LogP) is 5.15. The number of benzene rings is 2. The Morgan fingerprint density at radius 2 is 1.76 bits per heavy atom. The summed E-state index contributed by atoms with van der Waals surface area (Å²) in [6, 6.07) is 13.9. The molecule has 0 aliphatic carbocycles. The normalized spacial score (nSPS) is 11.5. The van der Waals surface area contributed by atoms with E-state index >= 15 is 0 Å². The molecule has 0 amide bonds. The summed E-state index contributed by atoms with van der Waals surface area (Å²) in [6.45, 7) is 7.25. The molecule has 0 aliphatic rings. The van der Waals surface area contributed by atoms with E-state index < -0.39 is 0 Å². The number of nitrogens with one attached hydrogen (secondary N) is 1. The van der Waals surface area contributed by atoms with Crippen LogP contribution in [0.2, 0.25) is 5.02 Å². The second-order valence-corrected chi connectivity index (χ2v) is 6.51. The molecule has 3 heteroatoms. The number of hydrogen-bond acceptors (Lipinski definition) is 2. The molecule has 2 rings (SSSR count). The lowest BCUT2D eigenvalue weighted by atomic mass is 9.86. The Morgan fingerprint density at radius 1 is 1.05 bits per heavy atom. The van der Waals surface area contributed by atoms with E-state index in [0.717, 1.165) is 17.1 Å². The minimum atomic E-state index is 0.0149. The van der Waals surface area contributed by atoms with E-state index in [-0.39, 0.29) is 5.41 Å². The summed E-state index contributed by atoms with van der Waals surface area (Å²) in [4.78, 5) is 0. The van der Waals surface area contributed by atoms with Crippen molar-refractivity contribution in [3.05, 3.63) is 58.6 Å². The van der Waals surface area contributed by atoms with Gasteiger partial charge in [-0.25, -0.2) is 0 Å². The van der Waals surface area contributed by atoms with Crippen LogP contribution in [0.4, 0.5) is 0 Å². The second-order valence-electron chi connectivity index (χ2n) is 6.11. The number of ether oxygens (including phenoxy) is 1. The highest BCUT2D eigenvalue weighted by molar-refractivity contribution is 6.32. The van der Waals surface area contributed by atoms with Crippen molar-refractivity contribution in [2.24, 2.45) is 0 Å². The Balaban J connectivity index is 2.44. The third-order valence-electron chi connectivity index (χ3n) is 3.32. The number of halogens is 1. The summed E-state index contributed by atoms with van der Waals surface area (Å²) in [5.74, 6) is 1.58. The van der Waals surface area contributed by atoms with Crippen LogP contribution in [-0.2, 0) is 12.0 Å². The van der Waals surface area contributed by atoms with Crippen LogP contribution in [0.3, 0.4) is 0 Å². The van der Waals surface area contributed by atoms with Gasteiger partial charge in [0, 0.05) is 17.7 Å². The van der Waals surface area contributed by atoms with Crippen LogP contribution in [0.5, 0.6) is 11.5 Å². The van der Waals surface area contributed by atoms with Crippen molar-refractivity contribution >= 4 is 11.6 Å². The molecule has 0 heterocycles. The maximum Gasteiger partial charge on any atom is 0.150 e. The molecule has 2 nitrogen and oxygen atoms in total. The molecule has 2 aromatic carbocycles. The minimum Gasteiger partial charge on any atom is -0.455 e. The van der Waals surface area contributed by atoms with Crippen LogP contribution in [0.1, 0.15) is 31.9 Å². The molecule has 0 unspecified atom stereocenters. The van der Waals surface area contributed by atoms with Gasteiger partial charge in [0.15, 0.2) is 5.75 Å². The van der Waals surface area contributed by atoms with Gasteiger partial charge in [-0.1, -0.05) is 62.7 Å². The molecule has 112 valence electrons. The zero-order valence-corrected chi connectivity index (χ0v) is 13.8. The van der Waals surface area contributed by atoms with Gasteiger partial charge in [-0.05, 0) is 24.6 Å². The summed E-state index contributed by atoms with van der Waals surface area (Å²) in [5, 5.41) is 3.77. The summed E-state index contributed by atoms with van der Waals surface area (Å²) in [6.07, 6.45) is 0. The Kier molecular flexibility index (Phi) is 4.92. The smallest absolute Gasteiger partial charge is 0.150 e. The monoisotopic (exact) mass is 303 g/mol. The van der Waals surface area contributed by atoms with Crippen LogP contribution < -0.4 is 10.1 Å². The molecule has 0 aromatic heterocycles. The van der Waals surface area contributed by atoms with Crippen molar-refractivity contribution in [2.75, 3.05) is 7.05 Å². The van der Waals surface area contributed by atoms with Crippen molar-refractivity contribution in [3.63, 3.8) is 0 Å². The second kappa shape index (κ2) is 6.50. The van der Waals surface area contributed by atoms with Crippen LogP contribution >= 0.6 is 11.6 Å². The standard InChI is InChI=1S/C18H22ClNO/c1-18(2,3)14-9-5-6-11-16(14)21-17-13(12-20-4)8-7-10-15(17)19/h5-11,20H,12H2,1-4H3. The lowest BCUT2D eigenvalue weighted by Gasteiger charge is -2.23. The van der Waals surface area contributed by atoms with Gasteiger partial charge in [-0.3, -0.25) is 0 Å². The largest absolute Gasteiger partial charge is 0.455 e. The Morgan fingerprint density at radius 3 is 2.43 bits per heavy atom. The van der Waals surface area contributed by atoms with E-state index in [1.54, 1.807) is 0 Å². The average molecular weight is 304 g/mol. The molecular formula is C18H22ClNO. The van der Waals surface area contributed by atoms with E-state index in [0.29, 0.717) is 11.6 Å². The molecule has 2 aromatic rings. The molecule has 0 radical (unpaired) electrons. The average Bonchev–Trinajstić information content (AvgIpc) is 2.42. The SMILES string of the molecule is CNCc1cccc(Cl)c1Oc1ccccc1C(C)(C)C. The Bertz CT molecular complexity index is 617. The summed E-state index contributed by atoms with van der Waals surface area (Å²) in [5.41, 5.74) is 2.23. The topological polar surface area (TPSA) is 21.3 Å². The molecular weight excluding hydrogens is 282 g/mol. The van der Waals surface area contributed by atoms with Crippen molar-refractivity contribution in [1.29, 1.82) is 0 Å². The molecule has 1 N–H and O–H groups in total. The van der Waals surface area contributed by atoms with E-state index in [4.69, 9.17) is 16.3 Å². The van der Waals surface area contributed by atoms with Crippen molar-refractivity contribution < 1.29 is 4.74 Å². The van der Waals surface area contributed by atoms with Crippen LogP contribution in [0, 0.1) is 0 Å². The van der Waals surface area contributed by atoms with E-state index in [1.165, 1.54) is 5.56 Å². The minimum absolute atomic E-state index is 0.0149. The first kappa shape index (κ1) is 15.9. The molecule has 0 fully saturated rings. The van der Waals surface area contributed by atoms with Crippen LogP contribution in [0.15, 0.2) is 42.5 Å². The molecule has 0 saturated heterocycles. The number of hydrogen-bond donors (Lipinski definition) is 1. The number of rotatable bonds is 4. The fourth-order valence-corrected chi connectivity index (χ4v) is 2.52. The van der Waals surface area contributed by atoms with Gasteiger partial charge < -0.3 is 10.1 Å². The zero-order chi connectivity index (χ0) is 15.5. The van der Waals surface area contributed by atoms with Gasteiger partial charge >= 0.3 is 0 Å². The van der Waals surface area contributed by atoms with E-state index in [1.807, 2.05) is 43.4 Å². The maximum atomic E-state index is 6.33. The quantitative estimate of drug-likeness (QED) is 0.843. The first-order chi connectivity index (χ1) is 9.93. The molecule has 0 spiro atoms. The van der Waals surface area contributed by atoms with Gasteiger partial charge in [0.05, 0.1) is 5.02 Å². The fourth-order valence-electron chi connectivity index (χ4n) is 2.28. The molecule has 0 atom stereocenters. The van der Waals surface area contributed by atoms with Crippen LogP contribution in [-0.4, -0.2) is 7.05 Å². The van der Waals surface area contributed by atoms with Gasteiger partial charge in [-0.2, -0.15) is 0 Å². The van der Waals surface area contributed by atoms with Crippen LogP contribution in [0.25, 0.3) is 0 Å². The highest BCUT2D eigenvalue weighted by Gasteiger charge is 2.20. The summed E-state index contributed by atoms with van der Waals surface area (Å²) in [7, 11) is 1.91. The lowest BCUT2D eigenvalue weighted by molar-refractivity contribution is 0.449. The van der Waals surface area contributed by atoms with E-state index in [2.05, 4.69) is 32.2 Å². The first-order valence-corrected chi connectivity index (χ1v) is 7.50. The zero-order valence-electron chi connectivity index (χ0n) is 13.0. The third kappa shape index (κ3) is 3.78. The first-order valence-electron chi connectivity index (χ1n) is 7.13. The van der Waals surface area contributed by atoms with E-state index in [9.17, 15) is 0 Å². The number of para-hydroxylation sites is 2. The highest BCUT2D eigenvalue weighted by Crippen LogP contribution is 2.38. The molecule has 0 bridgehead atoms. The molecule has 21 heavy (non-hydrogen) atoms. The van der Waals surface area contributed by atoms with Crippen molar-refractivity contribution in [1.82, 2.24) is 5.32 Å². The molecule has 0 saturated carbocycles. The Labute approximate surface area is 132 Å². The van der Waals surface area contributed by atoms with Crippen molar-refractivity contribution in [2.45, 2.75) is 32.7 Å². The Hall–Kier alpha value is -1.51.